The molecule has 174 valence electrons. The van der Waals surface area contributed by atoms with Crippen molar-refractivity contribution in [1.29, 1.82) is 0 Å². The van der Waals surface area contributed by atoms with Crippen molar-refractivity contribution in [3.8, 4) is 5.75 Å². The fourth-order valence-corrected chi connectivity index (χ4v) is 4.42. The number of aliphatic hydroxyl groups excluding tert-OH is 1. The van der Waals surface area contributed by atoms with Gasteiger partial charge < -0.3 is 19.5 Å². The molecule has 7 nitrogen and oxygen atoms in total. The van der Waals surface area contributed by atoms with Crippen LogP contribution in [0.1, 0.15) is 17.2 Å². The summed E-state index contributed by atoms with van der Waals surface area (Å²) in [4.78, 5) is 29.9. The van der Waals surface area contributed by atoms with E-state index >= 15 is 0 Å². The van der Waals surface area contributed by atoms with Crippen molar-refractivity contribution in [1.82, 2.24) is 9.80 Å². The standard InChI is InChI=1S/C24H24Cl2N2O5/c1-32-17-5-2-15(3-6-17)22(29)20-21(16-4-7-18(25)19(26)14-16)28(24(31)23(20)30)9-8-27-10-12-33-13-11-27/h2-7,14,21,29H,8-13H2,1H3/t21-/m1/s1. The summed E-state index contributed by atoms with van der Waals surface area (Å²) in [6.45, 7) is 3.67. The van der Waals surface area contributed by atoms with Crippen LogP contribution in [-0.2, 0) is 14.3 Å². The van der Waals surface area contributed by atoms with Crippen LogP contribution in [-0.4, -0.2) is 73.1 Å². The molecule has 1 N–H and O–H groups in total. The first-order valence-electron chi connectivity index (χ1n) is 10.6. The lowest BCUT2D eigenvalue weighted by Crippen LogP contribution is -2.42. The maximum Gasteiger partial charge on any atom is 0.295 e. The molecule has 2 heterocycles. The van der Waals surface area contributed by atoms with Crippen molar-refractivity contribution < 1.29 is 24.2 Å². The number of methoxy groups -OCH3 is 1. The van der Waals surface area contributed by atoms with Crippen LogP contribution in [0.4, 0.5) is 0 Å². The zero-order valence-electron chi connectivity index (χ0n) is 18.1. The molecule has 2 aliphatic rings. The van der Waals surface area contributed by atoms with Crippen LogP contribution in [0, 0.1) is 0 Å². The van der Waals surface area contributed by atoms with Gasteiger partial charge in [-0.25, -0.2) is 0 Å². The van der Waals surface area contributed by atoms with Gasteiger partial charge in [-0.1, -0.05) is 29.3 Å². The van der Waals surface area contributed by atoms with Crippen molar-refractivity contribution >= 4 is 40.7 Å². The summed E-state index contributed by atoms with van der Waals surface area (Å²) in [5, 5.41) is 11.8. The summed E-state index contributed by atoms with van der Waals surface area (Å²) < 4.78 is 10.6. The number of nitrogens with zero attached hydrogens (tertiary/aromatic N) is 2. The van der Waals surface area contributed by atoms with Crippen molar-refractivity contribution in [2.45, 2.75) is 6.04 Å². The highest BCUT2D eigenvalue weighted by Gasteiger charge is 2.46. The molecular formula is C24H24Cl2N2O5. The van der Waals surface area contributed by atoms with Crippen molar-refractivity contribution in [3.05, 3.63) is 69.2 Å². The highest BCUT2D eigenvalue weighted by atomic mass is 35.5. The van der Waals surface area contributed by atoms with E-state index in [1.54, 1.807) is 49.6 Å². The van der Waals surface area contributed by atoms with Crippen molar-refractivity contribution in [3.63, 3.8) is 0 Å². The fraction of sp³-hybridized carbons (Fsp3) is 0.333. The quantitative estimate of drug-likeness (QED) is 0.377. The average molecular weight is 491 g/mol. The first-order valence-corrected chi connectivity index (χ1v) is 11.3. The van der Waals surface area contributed by atoms with Gasteiger partial charge in [-0.2, -0.15) is 0 Å². The van der Waals surface area contributed by atoms with Gasteiger partial charge in [0.05, 0.1) is 42.0 Å². The van der Waals surface area contributed by atoms with Gasteiger partial charge in [0.15, 0.2) is 0 Å². The maximum absolute atomic E-state index is 13.1. The number of likely N-dealkylation sites (tertiary alicyclic amines) is 1. The van der Waals surface area contributed by atoms with E-state index in [0.717, 1.165) is 13.1 Å². The minimum Gasteiger partial charge on any atom is -0.507 e. The van der Waals surface area contributed by atoms with E-state index in [1.165, 1.54) is 4.90 Å². The lowest BCUT2D eigenvalue weighted by Gasteiger charge is -2.31. The van der Waals surface area contributed by atoms with Crippen LogP contribution >= 0.6 is 23.2 Å². The summed E-state index contributed by atoms with van der Waals surface area (Å²) in [7, 11) is 1.54. The number of ether oxygens (including phenoxy) is 2. The highest BCUT2D eigenvalue weighted by Crippen LogP contribution is 2.41. The number of hydrogen-bond donors (Lipinski definition) is 1. The van der Waals surface area contributed by atoms with E-state index in [0.29, 0.717) is 53.2 Å². The van der Waals surface area contributed by atoms with Crippen LogP contribution < -0.4 is 4.74 Å². The van der Waals surface area contributed by atoms with Gasteiger partial charge in [-0.05, 0) is 42.0 Å². The van der Waals surface area contributed by atoms with E-state index < -0.39 is 17.7 Å². The Kier molecular flexibility index (Phi) is 7.24. The molecule has 2 aliphatic heterocycles. The van der Waals surface area contributed by atoms with Crippen LogP contribution in [0.3, 0.4) is 0 Å². The molecule has 33 heavy (non-hydrogen) atoms. The third kappa shape index (κ3) is 4.87. The molecular weight excluding hydrogens is 467 g/mol. The van der Waals surface area contributed by atoms with Gasteiger partial charge in [0, 0.05) is 31.7 Å². The number of carbonyl (C=O) groups is 2. The Hall–Kier alpha value is -2.58. The van der Waals surface area contributed by atoms with Crippen LogP contribution in [0.15, 0.2) is 48.0 Å². The summed E-state index contributed by atoms with van der Waals surface area (Å²) in [5.74, 6) is -1.03. The second kappa shape index (κ2) is 10.1. The molecule has 2 fully saturated rings. The topological polar surface area (TPSA) is 79.3 Å². The van der Waals surface area contributed by atoms with E-state index in [2.05, 4.69) is 4.90 Å². The summed E-state index contributed by atoms with van der Waals surface area (Å²) >= 11 is 12.4. The van der Waals surface area contributed by atoms with Crippen LogP contribution in [0.25, 0.3) is 5.76 Å². The molecule has 0 aromatic heterocycles. The predicted octanol–water partition coefficient (Wildman–Crippen LogP) is 3.76. The number of halogens is 2. The fourth-order valence-electron chi connectivity index (χ4n) is 4.12. The summed E-state index contributed by atoms with van der Waals surface area (Å²) in [5.41, 5.74) is 1.03. The number of aliphatic hydroxyl groups is 1. The van der Waals surface area contributed by atoms with E-state index in [9.17, 15) is 14.7 Å². The molecule has 9 heteroatoms. The van der Waals surface area contributed by atoms with Gasteiger partial charge >= 0.3 is 0 Å². The average Bonchev–Trinajstić information content (AvgIpc) is 3.09. The first kappa shape index (κ1) is 23.6. The van der Waals surface area contributed by atoms with E-state index in [4.69, 9.17) is 32.7 Å². The Morgan fingerprint density at radius 2 is 1.76 bits per heavy atom. The Morgan fingerprint density at radius 3 is 2.39 bits per heavy atom. The predicted molar refractivity (Wildman–Crippen MR) is 126 cm³/mol. The number of morpholine rings is 1. The van der Waals surface area contributed by atoms with Gasteiger partial charge in [0.1, 0.15) is 11.5 Å². The molecule has 1 atom stereocenters. The smallest absolute Gasteiger partial charge is 0.295 e. The maximum atomic E-state index is 13.1. The minimum absolute atomic E-state index is 0.0190. The third-order valence-electron chi connectivity index (χ3n) is 5.92. The largest absolute Gasteiger partial charge is 0.507 e. The van der Waals surface area contributed by atoms with Gasteiger partial charge in [-0.15, -0.1) is 0 Å². The number of rotatable bonds is 6. The van der Waals surface area contributed by atoms with Gasteiger partial charge in [0.2, 0.25) is 0 Å². The van der Waals surface area contributed by atoms with E-state index in [1.807, 2.05) is 0 Å². The molecule has 0 spiro atoms. The summed E-state index contributed by atoms with van der Waals surface area (Å²) in [6.07, 6.45) is 0. The summed E-state index contributed by atoms with van der Waals surface area (Å²) in [6, 6.07) is 10.8. The number of carbonyl (C=O) groups excluding carboxylic acids is 2. The number of hydrogen-bond acceptors (Lipinski definition) is 6. The molecule has 2 aromatic carbocycles. The molecule has 0 aliphatic carbocycles. The monoisotopic (exact) mass is 490 g/mol. The van der Waals surface area contributed by atoms with E-state index in [-0.39, 0.29) is 11.3 Å². The van der Waals surface area contributed by atoms with Gasteiger partial charge in [-0.3, -0.25) is 14.5 Å². The number of benzene rings is 2. The number of Topliss-reactive ketones (excluding diaryl/α,β-unsaturated/α-hetero) is 1. The second-order valence-electron chi connectivity index (χ2n) is 7.85. The Bertz CT molecular complexity index is 1080. The third-order valence-corrected chi connectivity index (χ3v) is 6.66. The molecule has 2 saturated heterocycles. The SMILES string of the molecule is COc1ccc(C(O)=C2C(=O)C(=O)N(CCN3CCOCC3)[C@@H]2c2ccc(Cl)c(Cl)c2)cc1. The number of amides is 1. The molecule has 0 radical (unpaired) electrons. The molecule has 1 amide bonds. The zero-order chi connectivity index (χ0) is 23.5. The normalized spacial score (nSPS) is 20.9. The lowest BCUT2D eigenvalue weighted by molar-refractivity contribution is -0.140. The molecule has 4 rings (SSSR count). The molecule has 0 bridgehead atoms. The Labute approximate surface area is 202 Å². The first-order chi connectivity index (χ1) is 15.9. The zero-order valence-corrected chi connectivity index (χ0v) is 19.6. The lowest BCUT2D eigenvalue weighted by atomic mass is 9.95. The number of ketones is 1. The molecule has 2 aromatic rings. The minimum atomic E-state index is -0.789. The van der Waals surface area contributed by atoms with Crippen LogP contribution in [0.5, 0.6) is 5.75 Å². The van der Waals surface area contributed by atoms with Crippen molar-refractivity contribution in [2.24, 2.45) is 0 Å². The highest BCUT2D eigenvalue weighted by molar-refractivity contribution is 6.46. The van der Waals surface area contributed by atoms with Crippen molar-refractivity contribution in [2.75, 3.05) is 46.5 Å². The van der Waals surface area contributed by atoms with Gasteiger partial charge in [0.25, 0.3) is 11.7 Å². The molecule has 0 saturated carbocycles. The Balaban J connectivity index is 1.74. The second-order valence-corrected chi connectivity index (χ2v) is 8.66. The van der Waals surface area contributed by atoms with Crippen LogP contribution in [0.2, 0.25) is 10.0 Å². The Morgan fingerprint density at radius 1 is 1.06 bits per heavy atom. The molecule has 0 unspecified atom stereocenters.